The van der Waals surface area contributed by atoms with Crippen LogP contribution >= 0.6 is 11.6 Å². The molecule has 2 fully saturated rings. The topological polar surface area (TPSA) is 21.7 Å². The number of benzene rings is 1. The number of fused-ring (bicyclic) bond motifs is 2. The first-order valence-corrected chi connectivity index (χ1v) is 8.91. The summed E-state index contributed by atoms with van der Waals surface area (Å²) < 4.78 is 11.1. The summed E-state index contributed by atoms with van der Waals surface area (Å²) in [6.45, 7) is 4.35. The van der Waals surface area contributed by atoms with Crippen LogP contribution in [0, 0.1) is 11.8 Å². The Morgan fingerprint density at radius 2 is 2.00 bits per heavy atom. The van der Waals surface area contributed by atoms with Crippen molar-refractivity contribution >= 4 is 11.6 Å². The van der Waals surface area contributed by atoms with E-state index >= 15 is 0 Å². The Hall–Kier alpha value is -0.770. The summed E-state index contributed by atoms with van der Waals surface area (Å²) in [4.78, 5) is 2.59. The van der Waals surface area contributed by atoms with Gasteiger partial charge in [0, 0.05) is 29.2 Å². The maximum Gasteiger partial charge on any atom is 0.189 e. The molecular formula is C18H24ClNO2. The number of nitrogens with zero attached hydrogens (tertiary/aromatic N) is 1. The summed E-state index contributed by atoms with van der Waals surface area (Å²) in [5.74, 6) is 2.88. The van der Waals surface area contributed by atoms with Gasteiger partial charge in [0.25, 0.3) is 0 Å². The van der Waals surface area contributed by atoms with Gasteiger partial charge in [0.1, 0.15) is 5.75 Å². The first kappa shape index (κ1) is 14.8. The molecule has 1 saturated heterocycles. The number of likely N-dealkylation sites (tertiary alicyclic amines) is 1. The van der Waals surface area contributed by atoms with Crippen LogP contribution in [0.15, 0.2) is 12.1 Å². The zero-order chi connectivity index (χ0) is 14.9. The SMILES string of the molecule is Clc1cc2c(c(CN3CC[C@@H]4CCCC[C@H]4C3)c1)OCOC2. The number of hydrogen-bond donors (Lipinski definition) is 0. The zero-order valence-corrected chi connectivity index (χ0v) is 13.8. The molecule has 4 heteroatoms. The van der Waals surface area contributed by atoms with E-state index in [1.54, 1.807) is 0 Å². The lowest BCUT2D eigenvalue weighted by Gasteiger charge is -2.41. The minimum atomic E-state index is 0.354. The third-order valence-electron chi connectivity index (χ3n) is 5.52. The first-order chi connectivity index (χ1) is 10.8. The monoisotopic (exact) mass is 321 g/mol. The summed E-state index contributed by atoms with van der Waals surface area (Å²) in [7, 11) is 0. The largest absolute Gasteiger partial charge is 0.467 e. The van der Waals surface area contributed by atoms with Crippen molar-refractivity contribution in [2.45, 2.75) is 45.3 Å². The summed E-state index contributed by atoms with van der Waals surface area (Å²) in [5.41, 5.74) is 2.31. The molecule has 120 valence electrons. The Kier molecular flexibility index (Phi) is 4.29. The molecule has 1 aromatic carbocycles. The van der Waals surface area contributed by atoms with Crippen molar-refractivity contribution in [1.82, 2.24) is 4.90 Å². The Morgan fingerprint density at radius 1 is 1.14 bits per heavy atom. The van der Waals surface area contributed by atoms with Gasteiger partial charge in [-0.25, -0.2) is 0 Å². The van der Waals surface area contributed by atoms with Gasteiger partial charge in [-0.3, -0.25) is 4.90 Å². The highest BCUT2D eigenvalue weighted by molar-refractivity contribution is 6.30. The molecule has 1 saturated carbocycles. The predicted molar refractivity (Wildman–Crippen MR) is 87.1 cm³/mol. The van der Waals surface area contributed by atoms with Gasteiger partial charge >= 0.3 is 0 Å². The standard InChI is InChI=1S/C18H24ClNO2/c19-17-7-15(18-16(8-17)11-21-12-22-18)10-20-6-5-13-3-1-2-4-14(13)9-20/h7-8,13-14H,1-6,9-12H2/t13-,14-/m0/s1. The van der Waals surface area contributed by atoms with E-state index in [-0.39, 0.29) is 0 Å². The van der Waals surface area contributed by atoms with Crippen molar-refractivity contribution in [2.75, 3.05) is 19.9 Å². The van der Waals surface area contributed by atoms with Crippen LogP contribution in [0.4, 0.5) is 0 Å². The second-order valence-electron chi connectivity index (χ2n) is 6.99. The third-order valence-corrected chi connectivity index (χ3v) is 5.74. The quantitative estimate of drug-likeness (QED) is 0.814. The molecule has 0 bridgehead atoms. The smallest absolute Gasteiger partial charge is 0.189 e. The van der Waals surface area contributed by atoms with Crippen molar-refractivity contribution in [3.8, 4) is 5.75 Å². The minimum absolute atomic E-state index is 0.354. The van der Waals surface area contributed by atoms with Gasteiger partial charge in [-0.05, 0) is 43.4 Å². The fourth-order valence-corrected chi connectivity index (χ4v) is 4.70. The highest BCUT2D eigenvalue weighted by Gasteiger charge is 2.31. The summed E-state index contributed by atoms with van der Waals surface area (Å²) >= 11 is 6.28. The van der Waals surface area contributed by atoms with Crippen molar-refractivity contribution in [3.05, 3.63) is 28.3 Å². The Labute approximate surface area is 137 Å². The lowest BCUT2D eigenvalue weighted by Crippen LogP contribution is -2.41. The van der Waals surface area contributed by atoms with E-state index in [1.807, 2.05) is 6.07 Å². The van der Waals surface area contributed by atoms with E-state index in [2.05, 4.69) is 11.0 Å². The second-order valence-corrected chi connectivity index (χ2v) is 7.43. The number of piperidine rings is 1. The molecule has 1 aromatic rings. The van der Waals surface area contributed by atoms with E-state index in [9.17, 15) is 0 Å². The molecule has 4 rings (SSSR count). The van der Waals surface area contributed by atoms with Gasteiger partial charge in [-0.15, -0.1) is 0 Å². The lowest BCUT2D eigenvalue weighted by molar-refractivity contribution is -0.0178. The van der Waals surface area contributed by atoms with Crippen molar-refractivity contribution in [2.24, 2.45) is 11.8 Å². The van der Waals surface area contributed by atoms with Crippen LogP contribution in [0.2, 0.25) is 5.02 Å². The maximum atomic E-state index is 6.28. The van der Waals surface area contributed by atoms with E-state index in [0.29, 0.717) is 13.4 Å². The van der Waals surface area contributed by atoms with Crippen LogP contribution in [0.3, 0.4) is 0 Å². The first-order valence-electron chi connectivity index (χ1n) is 8.54. The molecule has 1 aliphatic carbocycles. The van der Waals surface area contributed by atoms with Crippen LogP contribution in [-0.2, 0) is 17.9 Å². The zero-order valence-electron chi connectivity index (χ0n) is 13.0. The maximum absolute atomic E-state index is 6.28. The second kappa shape index (κ2) is 6.38. The molecule has 2 heterocycles. The van der Waals surface area contributed by atoms with Gasteiger partial charge < -0.3 is 9.47 Å². The van der Waals surface area contributed by atoms with Gasteiger partial charge in [0.15, 0.2) is 6.79 Å². The fraction of sp³-hybridized carbons (Fsp3) is 0.667. The van der Waals surface area contributed by atoms with E-state index in [4.69, 9.17) is 21.1 Å². The highest BCUT2D eigenvalue weighted by atomic mass is 35.5. The highest BCUT2D eigenvalue weighted by Crippen LogP contribution is 2.38. The van der Waals surface area contributed by atoms with Crippen LogP contribution < -0.4 is 4.74 Å². The molecule has 0 N–H and O–H groups in total. The van der Waals surface area contributed by atoms with Crippen LogP contribution in [-0.4, -0.2) is 24.8 Å². The molecule has 0 amide bonds. The molecule has 0 unspecified atom stereocenters. The van der Waals surface area contributed by atoms with Crippen molar-refractivity contribution < 1.29 is 9.47 Å². The summed E-state index contributed by atoms with van der Waals surface area (Å²) in [5, 5.41) is 0.787. The van der Waals surface area contributed by atoms with Gasteiger partial charge in [0.2, 0.25) is 0 Å². The fourth-order valence-electron chi connectivity index (χ4n) is 4.43. The molecule has 2 aliphatic heterocycles. The van der Waals surface area contributed by atoms with Gasteiger partial charge in [0.05, 0.1) is 6.61 Å². The van der Waals surface area contributed by atoms with Crippen LogP contribution in [0.1, 0.15) is 43.2 Å². The predicted octanol–water partition coefficient (Wildman–Crippen LogP) is 4.22. The average molecular weight is 322 g/mol. The molecule has 2 atom stereocenters. The number of ether oxygens (including phenoxy) is 2. The average Bonchev–Trinajstić information content (AvgIpc) is 2.54. The number of halogens is 1. The minimum Gasteiger partial charge on any atom is -0.467 e. The summed E-state index contributed by atoms with van der Waals surface area (Å²) in [6, 6.07) is 4.03. The third kappa shape index (κ3) is 2.99. The Balaban J connectivity index is 1.50. The van der Waals surface area contributed by atoms with E-state index in [1.165, 1.54) is 50.8 Å². The summed E-state index contributed by atoms with van der Waals surface area (Å²) in [6.07, 6.45) is 7.08. The number of rotatable bonds is 2. The Morgan fingerprint density at radius 3 is 2.91 bits per heavy atom. The molecule has 3 aliphatic rings. The molecule has 0 spiro atoms. The molecule has 22 heavy (non-hydrogen) atoms. The number of hydrogen-bond acceptors (Lipinski definition) is 3. The van der Waals surface area contributed by atoms with Gasteiger partial charge in [-0.2, -0.15) is 0 Å². The lowest BCUT2D eigenvalue weighted by atomic mass is 9.75. The molecular weight excluding hydrogens is 298 g/mol. The van der Waals surface area contributed by atoms with Crippen molar-refractivity contribution in [1.29, 1.82) is 0 Å². The molecule has 0 aromatic heterocycles. The van der Waals surface area contributed by atoms with E-state index < -0.39 is 0 Å². The Bertz CT molecular complexity index is 548. The van der Waals surface area contributed by atoms with Crippen LogP contribution in [0.5, 0.6) is 5.75 Å². The molecule has 3 nitrogen and oxygen atoms in total. The van der Waals surface area contributed by atoms with Crippen LogP contribution in [0.25, 0.3) is 0 Å². The van der Waals surface area contributed by atoms with Crippen molar-refractivity contribution in [3.63, 3.8) is 0 Å². The van der Waals surface area contributed by atoms with Gasteiger partial charge in [-0.1, -0.05) is 30.9 Å². The normalized spacial score (nSPS) is 28.6. The molecule has 0 radical (unpaired) electrons. The van der Waals surface area contributed by atoms with E-state index in [0.717, 1.165) is 34.7 Å².